The first-order chi connectivity index (χ1) is 57.7. The first kappa shape index (κ1) is 68.1. The van der Waals surface area contributed by atoms with E-state index in [0.717, 1.165) is 123 Å². The summed E-state index contributed by atoms with van der Waals surface area (Å²) in [4.78, 5) is 4.94. The predicted octanol–water partition coefficient (Wildman–Crippen LogP) is 31.3. The lowest BCUT2D eigenvalue weighted by Crippen LogP contribution is -2.30. The Morgan fingerprint density at radius 2 is 0.821 bits per heavy atom. The Bertz CT molecular complexity index is 7590. The number of hydrogen-bond donors (Lipinski definition) is 0. The first-order valence-corrected chi connectivity index (χ1v) is 41.2. The number of fused-ring (bicyclic) bond motifs is 15. The van der Waals surface area contributed by atoms with Crippen LogP contribution in [0.25, 0.3) is 175 Å². The molecule has 23 rings (SSSR count). The number of rotatable bonds is 14. The third-order valence-electron chi connectivity index (χ3n) is 24.8. The molecule has 0 bridgehead atoms. The van der Waals surface area contributed by atoms with Crippen molar-refractivity contribution >= 4 is 131 Å². The van der Waals surface area contributed by atoms with Gasteiger partial charge in [0.15, 0.2) is 0 Å². The Kier molecular flexibility index (Phi) is 15.9. The number of anilines is 5. The van der Waals surface area contributed by atoms with Gasteiger partial charge in [0.2, 0.25) is 0 Å². The minimum atomic E-state index is -0.180. The van der Waals surface area contributed by atoms with Crippen LogP contribution in [0.15, 0.2) is 409 Å². The highest BCUT2D eigenvalue weighted by molar-refractivity contribution is 7.26. The molecule has 0 saturated heterocycles. The normalized spacial score (nSPS) is 13.7. The summed E-state index contributed by atoms with van der Waals surface area (Å²) in [7, 11) is 0. The van der Waals surface area contributed by atoms with Gasteiger partial charge in [-0.2, -0.15) is 0 Å². The molecule has 6 heteroatoms. The van der Waals surface area contributed by atoms with Crippen molar-refractivity contribution < 1.29 is 8.83 Å². The van der Waals surface area contributed by atoms with Crippen LogP contribution in [0.3, 0.4) is 0 Å². The second-order valence-electron chi connectivity index (χ2n) is 31.7. The maximum Gasteiger partial charge on any atom is 0.143 e. The van der Waals surface area contributed by atoms with Crippen molar-refractivity contribution in [2.45, 2.75) is 31.7 Å². The molecule has 0 radical (unpaired) electrons. The van der Waals surface area contributed by atoms with Crippen LogP contribution >= 0.6 is 11.3 Å². The summed E-state index contributed by atoms with van der Waals surface area (Å²) in [6.07, 6.45) is 7.91. The second kappa shape index (κ2) is 27.3. The van der Waals surface area contributed by atoms with Crippen LogP contribution in [0.5, 0.6) is 0 Å². The minimum absolute atomic E-state index is 0.0261. The average Bonchev–Trinajstić information content (AvgIpc) is 1.59. The van der Waals surface area contributed by atoms with E-state index in [2.05, 4.69) is 423 Å². The number of hydrogen-bond acceptors (Lipinski definition) is 5. The van der Waals surface area contributed by atoms with Crippen molar-refractivity contribution in [3.05, 3.63) is 417 Å². The summed E-state index contributed by atoms with van der Waals surface area (Å²) < 4.78 is 18.5. The number of aromatic nitrogens is 1. The molecule has 0 saturated carbocycles. The molecule has 0 fully saturated rings. The van der Waals surface area contributed by atoms with E-state index in [1.165, 1.54) is 103 Å². The molecule has 0 aliphatic heterocycles. The van der Waals surface area contributed by atoms with Crippen molar-refractivity contribution in [1.82, 2.24) is 4.57 Å². The van der Waals surface area contributed by atoms with Gasteiger partial charge in [0.25, 0.3) is 0 Å². The van der Waals surface area contributed by atoms with Gasteiger partial charge in [0, 0.05) is 103 Å². The van der Waals surface area contributed by atoms with Crippen LogP contribution < -0.4 is 9.80 Å². The number of nitrogens with zero attached hydrogens (tertiary/aromatic N) is 3. The lowest BCUT2D eigenvalue weighted by atomic mass is 9.82. The molecule has 1 atom stereocenters. The molecule has 552 valence electrons. The SMILES string of the molecule is CC1(C)c2ccccc2-c2ccc(N(c3ccc(-c4ccc5c(c4)c4ccccc4n5-c4ccccc4)cc3)c3ccc(-c4ccc(-c5cc(-c6ccc(N(c7ccc(-c8cccc9c8oc8ccccc89)cc7)C7C=CC(c8ccc(-c9ccccc9)cc8)=CC7)cc6)c6oc7ccccc7c6c5)c5c4sc4ccccc45)cc3)cc21. The smallest absolute Gasteiger partial charge is 0.143 e. The molecule has 5 nitrogen and oxygen atoms in total. The first-order valence-electron chi connectivity index (χ1n) is 40.4. The van der Waals surface area contributed by atoms with E-state index in [0.29, 0.717) is 0 Å². The zero-order valence-corrected chi connectivity index (χ0v) is 65.3. The van der Waals surface area contributed by atoms with Gasteiger partial charge in [-0.05, 0) is 217 Å². The molecule has 1 unspecified atom stereocenters. The fourth-order valence-corrected chi connectivity index (χ4v) is 20.2. The Hall–Kier alpha value is -14.6. The molecular weight excluding hydrogens is 1440 g/mol. The van der Waals surface area contributed by atoms with Gasteiger partial charge < -0.3 is 23.2 Å². The van der Waals surface area contributed by atoms with Gasteiger partial charge in [0.05, 0.1) is 17.1 Å². The molecule has 21 aromatic rings. The third kappa shape index (κ3) is 11.3. The highest BCUT2D eigenvalue weighted by Gasteiger charge is 2.36. The molecule has 117 heavy (non-hydrogen) atoms. The van der Waals surface area contributed by atoms with Crippen molar-refractivity contribution in [1.29, 1.82) is 0 Å². The molecule has 17 aromatic carbocycles. The highest BCUT2D eigenvalue weighted by atomic mass is 32.1. The fraction of sp³-hybridized carbons (Fsp3) is 0.0450. The van der Waals surface area contributed by atoms with Gasteiger partial charge in [-0.3, -0.25) is 0 Å². The van der Waals surface area contributed by atoms with E-state index in [9.17, 15) is 0 Å². The summed E-state index contributed by atoms with van der Waals surface area (Å²) in [6, 6.07) is 140. The number of para-hydroxylation sites is 5. The van der Waals surface area contributed by atoms with Crippen LogP contribution in [0.1, 0.15) is 37.0 Å². The van der Waals surface area contributed by atoms with Crippen molar-refractivity contribution in [3.8, 4) is 83.6 Å². The van der Waals surface area contributed by atoms with E-state index in [4.69, 9.17) is 8.83 Å². The van der Waals surface area contributed by atoms with Crippen molar-refractivity contribution in [3.63, 3.8) is 0 Å². The zero-order valence-electron chi connectivity index (χ0n) is 64.5. The molecular formula is C111H75N3O2S. The standard InChI is InChI=1S/C111H75N3O2S/c1-111(2)100-31-14-9-24-90(100)91-62-61-86(69-101(91)111)113(84-53-42-74(43-54-84)78-50-65-103-98(66-78)92-25-10-15-32-102(92)114(103)80-22-7-4-8-23-80)85-57-46-76(47-58-85)89-64-63-87(107-96-28-13-18-35-106(96)117-110(89)107)79-67-97(109-99(68-79)94-27-12-17-34-105(94)116-109)77-48-59-83(60-49-77)112(81-51-40-73(41-52-81)72-38-36-71(37-39-72)70-20-5-3-6-21-70)82-55-44-75(45-56-82)88-29-19-30-95-93-26-11-16-33-104(93)115-108(88)95/h3-51,53-69,81H,52H2,1-2H3. The van der Waals surface area contributed by atoms with Crippen molar-refractivity contribution in [2.75, 3.05) is 9.80 Å². The summed E-state index contributed by atoms with van der Waals surface area (Å²) in [5, 5.41) is 9.37. The monoisotopic (exact) mass is 1510 g/mol. The molecule has 0 spiro atoms. The van der Waals surface area contributed by atoms with E-state index in [-0.39, 0.29) is 11.5 Å². The summed E-state index contributed by atoms with van der Waals surface area (Å²) in [6.45, 7) is 4.74. The lowest BCUT2D eigenvalue weighted by molar-refractivity contribution is 0.660. The molecule has 4 heterocycles. The van der Waals surface area contributed by atoms with Gasteiger partial charge in [-0.1, -0.05) is 293 Å². The minimum Gasteiger partial charge on any atom is -0.455 e. The number of furan rings is 2. The van der Waals surface area contributed by atoms with Crippen molar-refractivity contribution in [2.24, 2.45) is 0 Å². The Balaban J connectivity index is 0.607. The van der Waals surface area contributed by atoms with Crippen LogP contribution in [-0.4, -0.2) is 10.6 Å². The fourth-order valence-electron chi connectivity index (χ4n) is 19.0. The van der Waals surface area contributed by atoms with Gasteiger partial charge in [0.1, 0.15) is 22.3 Å². The zero-order chi connectivity index (χ0) is 77.4. The van der Waals surface area contributed by atoms with E-state index < -0.39 is 0 Å². The second-order valence-corrected chi connectivity index (χ2v) is 32.8. The molecule has 2 aliphatic carbocycles. The van der Waals surface area contributed by atoms with Gasteiger partial charge >= 0.3 is 0 Å². The van der Waals surface area contributed by atoms with E-state index in [1.54, 1.807) is 0 Å². The van der Waals surface area contributed by atoms with Gasteiger partial charge in [-0.25, -0.2) is 0 Å². The average molecular weight is 1510 g/mol. The molecule has 0 N–H and O–H groups in total. The molecule has 2 aliphatic rings. The molecule has 4 aromatic heterocycles. The van der Waals surface area contributed by atoms with Crippen LogP contribution in [-0.2, 0) is 5.41 Å². The van der Waals surface area contributed by atoms with Crippen LogP contribution in [0.2, 0.25) is 0 Å². The highest BCUT2D eigenvalue weighted by Crippen LogP contribution is 2.53. The molecule has 0 amide bonds. The largest absolute Gasteiger partial charge is 0.455 e. The quantitative estimate of drug-likeness (QED) is 0.109. The Labute approximate surface area is 682 Å². The number of allylic oxidation sites excluding steroid dienone is 2. The maximum atomic E-state index is 7.01. The lowest BCUT2D eigenvalue weighted by Gasteiger charge is -2.33. The van der Waals surface area contributed by atoms with Crippen LogP contribution in [0, 0.1) is 0 Å². The Morgan fingerprint density at radius 1 is 0.325 bits per heavy atom. The van der Waals surface area contributed by atoms with Crippen LogP contribution in [0.4, 0.5) is 28.4 Å². The summed E-state index contributed by atoms with van der Waals surface area (Å²) in [5.41, 5.74) is 33.8. The van der Waals surface area contributed by atoms with E-state index in [1.807, 2.05) is 17.4 Å². The third-order valence-corrected chi connectivity index (χ3v) is 26.0. The predicted molar refractivity (Wildman–Crippen MR) is 494 cm³/mol. The summed E-state index contributed by atoms with van der Waals surface area (Å²) in [5.74, 6) is 0. The number of benzene rings is 17. The Morgan fingerprint density at radius 3 is 1.54 bits per heavy atom. The number of thiophene rings is 1. The topological polar surface area (TPSA) is 37.7 Å². The van der Waals surface area contributed by atoms with Gasteiger partial charge in [-0.15, -0.1) is 11.3 Å². The van der Waals surface area contributed by atoms with E-state index >= 15 is 0 Å². The maximum absolute atomic E-state index is 7.01. The summed E-state index contributed by atoms with van der Waals surface area (Å²) >= 11 is 1.88.